The molecule has 0 aliphatic rings. The Bertz CT molecular complexity index is 1180. The zero-order valence-electron chi connectivity index (χ0n) is 18.9. The number of hydrogen-bond donors (Lipinski definition) is 2. The van der Waals surface area contributed by atoms with Gasteiger partial charge in [0.25, 0.3) is 5.91 Å². The second-order valence-corrected chi connectivity index (χ2v) is 9.36. The van der Waals surface area contributed by atoms with Crippen molar-refractivity contribution in [2.45, 2.75) is 31.3 Å². The van der Waals surface area contributed by atoms with E-state index in [9.17, 15) is 13.2 Å². The maximum Gasteiger partial charge on any atom is 0.258 e. The number of carbonyl (C=O) groups excluding carboxylic acids is 1. The highest BCUT2D eigenvalue weighted by atomic mass is 32.2. The van der Waals surface area contributed by atoms with Crippen molar-refractivity contribution in [3.05, 3.63) is 89.5 Å². The molecule has 2 N–H and O–H groups in total. The summed E-state index contributed by atoms with van der Waals surface area (Å²) < 4.78 is 38.6. The minimum atomic E-state index is -3.67. The lowest BCUT2D eigenvalue weighted by Crippen LogP contribution is -2.31. The quantitative estimate of drug-likeness (QED) is 0.473. The molecule has 3 aromatic rings. The van der Waals surface area contributed by atoms with E-state index in [1.165, 1.54) is 12.1 Å². The monoisotopic (exact) mass is 468 g/mol. The Morgan fingerprint density at radius 2 is 1.70 bits per heavy atom. The topological polar surface area (TPSA) is 93.7 Å². The summed E-state index contributed by atoms with van der Waals surface area (Å²) in [5.41, 5.74) is 2.43. The molecule has 0 heterocycles. The lowest BCUT2D eigenvalue weighted by atomic mass is 10.1. The van der Waals surface area contributed by atoms with E-state index < -0.39 is 10.0 Å². The van der Waals surface area contributed by atoms with Gasteiger partial charge in [-0.25, -0.2) is 13.1 Å². The highest BCUT2D eigenvalue weighted by Gasteiger charge is 2.16. The van der Waals surface area contributed by atoms with E-state index in [0.717, 1.165) is 16.9 Å². The molecule has 0 saturated carbocycles. The first-order valence-electron chi connectivity index (χ1n) is 10.5. The van der Waals surface area contributed by atoms with Crippen LogP contribution in [0.2, 0.25) is 0 Å². The van der Waals surface area contributed by atoms with Crippen LogP contribution in [-0.2, 0) is 21.4 Å². The molecule has 0 saturated heterocycles. The number of sulfonamides is 1. The van der Waals surface area contributed by atoms with Gasteiger partial charge in [-0.15, -0.1) is 0 Å². The van der Waals surface area contributed by atoms with E-state index in [-0.39, 0.29) is 30.0 Å². The fourth-order valence-corrected chi connectivity index (χ4v) is 4.31. The summed E-state index contributed by atoms with van der Waals surface area (Å²) >= 11 is 0. The predicted octanol–water partition coefficient (Wildman–Crippen LogP) is 3.74. The molecule has 0 aliphatic carbocycles. The molecule has 3 rings (SSSR count). The molecule has 0 aromatic heterocycles. The zero-order chi connectivity index (χ0) is 23.8. The lowest BCUT2D eigenvalue weighted by Gasteiger charge is -2.16. The third-order valence-corrected chi connectivity index (χ3v) is 6.52. The van der Waals surface area contributed by atoms with Crippen LogP contribution in [0.4, 0.5) is 0 Å². The van der Waals surface area contributed by atoms with Crippen LogP contribution in [0, 0.1) is 6.92 Å². The average Bonchev–Trinajstić information content (AvgIpc) is 2.82. The van der Waals surface area contributed by atoms with Crippen LogP contribution in [0.25, 0.3) is 0 Å². The van der Waals surface area contributed by atoms with Crippen LogP contribution in [0.1, 0.15) is 29.7 Å². The molecule has 0 bridgehead atoms. The third-order valence-electron chi connectivity index (χ3n) is 5.12. The number of ether oxygens (including phenoxy) is 2. The molecule has 0 radical (unpaired) electrons. The van der Waals surface area contributed by atoms with Gasteiger partial charge in [-0.05, 0) is 60.9 Å². The third kappa shape index (κ3) is 6.81. The summed E-state index contributed by atoms with van der Waals surface area (Å²) in [6.07, 6.45) is 0. The van der Waals surface area contributed by atoms with Gasteiger partial charge in [0.2, 0.25) is 10.0 Å². The van der Waals surface area contributed by atoms with Crippen molar-refractivity contribution in [1.29, 1.82) is 0 Å². The first kappa shape index (κ1) is 24.3. The number of nitrogens with one attached hydrogen (secondary N) is 2. The fourth-order valence-electron chi connectivity index (χ4n) is 3.21. The Labute approximate surface area is 194 Å². The van der Waals surface area contributed by atoms with E-state index in [4.69, 9.17) is 9.47 Å². The van der Waals surface area contributed by atoms with Gasteiger partial charge in [0.1, 0.15) is 11.5 Å². The molecular formula is C25H28N2O5S. The summed E-state index contributed by atoms with van der Waals surface area (Å²) in [6, 6.07) is 21.1. The molecule has 1 amide bonds. The highest BCUT2D eigenvalue weighted by Crippen LogP contribution is 2.22. The fraction of sp³-hybridized carbons (Fsp3) is 0.240. The molecule has 0 fully saturated rings. The molecule has 0 aliphatic heterocycles. The summed E-state index contributed by atoms with van der Waals surface area (Å²) in [5, 5.41) is 2.88. The highest BCUT2D eigenvalue weighted by molar-refractivity contribution is 7.89. The van der Waals surface area contributed by atoms with Crippen molar-refractivity contribution in [2.24, 2.45) is 0 Å². The summed E-state index contributed by atoms with van der Waals surface area (Å²) in [5.74, 6) is 0.917. The van der Waals surface area contributed by atoms with Crippen molar-refractivity contribution in [3.63, 3.8) is 0 Å². The Morgan fingerprint density at radius 3 is 2.33 bits per heavy atom. The minimum Gasteiger partial charge on any atom is -0.497 e. The van der Waals surface area contributed by atoms with E-state index in [1.807, 2.05) is 61.5 Å². The minimum absolute atomic E-state index is 0.140. The van der Waals surface area contributed by atoms with E-state index in [2.05, 4.69) is 10.0 Å². The number of methoxy groups -OCH3 is 1. The Kier molecular flexibility index (Phi) is 8.08. The van der Waals surface area contributed by atoms with Crippen molar-refractivity contribution < 1.29 is 22.7 Å². The van der Waals surface area contributed by atoms with Crippen molar-refractivity contribution in [3.8, 4) is 11.5 Å². The van der Waals surface area contributed by atoms with Crippen LogP contribution in [-0.4, -0.2) is 28.0 Å². The van der Waals surface area contributed by atoms with Crippen molar-refractivity contribution in [2.75, 3.05) is 13.7 Å². The molecule has 1 atom stereocenters. The SMILES string of the molecule is COc1ccc(C(C)NC(=O)COc2ccc(S(=O)(=O)NCc3ccccc3)cc2C)cc1. The normalized spacial score (nSPS) is 12.1. The van der Waals surface area contributed by atoms with Gasteiger partial charge in [-0.2, -0.15) is 0 Å². The number of carbonyl (C=O) groups is 1. The predicted molar refractivity (Wildman–Crippen MR) is 127 cm³/mol. The van der Waals surface area contributed by atoms with Gasteiger partial charge in [0.05, 0.1) is 18.0 Å². The molecular weight excluding hydrogens is 440 g/mol. The second kappa shape index (κ2) is 11.0. The maximum absolute atomic E-state index is 12.6. The maximum atomic E-state index is 12.6. The summed E-state index contributed by atoms with van der Waals surface area (Å²) in [7, 11) is -2.07. The first-order chi connectivity index (χ1) is 15.8. The number of rotatable bonds is 10. The molecule has 33 heavy (non-hydrogen) atoms. The van der Waals surface area contributed by atoms with Gasteiger partial charge in [-0.1, -0.05) is 42.5 Å². The number of benzene rings is 3. The van der Waals surface area contributed by atoms with Crippen LogP contribution in [0.3, 0.4) is 0 Å². The van der Waals surface area contributed by atoms with Crippen LogP contribution < -0.4 is 19.5 Å². The Balaban J connectivity index is 1.55. The van der Waals surface area contributed by atoms with Crippen molar-refractivity contribution >= 4 is 15.9 Å². The zero-order valence-corrected chi connectivity index (χ0v) is 19.7. The number of hydrogen-bond acceptors (Lipinski definition) is 5. The Morgan fingerprint density at radius 1 is 1.00 bits per heavy atom. The van der Waals surface area contributed by atoms with Gasteiger partial charge in [0, 0.05) is 6.54 Å². The van der Waals surface area contributed by atoms with Gasteiger partial charge < -0.3 is 14.8 Å². The van der Waals surface area contributed by atoms with Crippen LogP contribution >= 0.6 is 0 Å². The molecule has 3 aromatic carbocycles. The second-order valence-electron chi connectivity index (χ2n) is 7.59. The molecule has 1 unspecified atom stereocenters. The van der Waals surface area contributed by atoms with Gasteiger partial charge in [0.15, 0.2) is 6.61 Å². The standard InChI is InChI=1S/C25H28N2O5S/c1-18-15-23(33(29,30)26-16-20-7-5-4-6-8-20)13-14-24(18)32-17-25(28)27-19(2)21-9-11-22(31-3)12-10-21/h4-15,19,26H,16-17H2,1-3H3,(H,27,28). The number of amides is 1. The Hall–Kier alpha value is -3.36. The van der Waals surface area contributed by atoms with Crippen LogP contribution in [0.5, 0.6) is 11.5 Å². The lowest BCUT2D eigenvalue weighted by molar-refractivity contribution is -0.123. The smallest absolute Gasteiger partial charge is 0.258 e. The van der Waals surface area contributed by atoms with Gasteiger partial charge in [-0.3, -0.25) is 4.79 Å². The number of aryl methyl sites for hydroxylation is 1. The summed E-state index contributed by atoms with van der Waals surface area (Å²) in [4.78, 5) is 12.5. The average molecular weight is 469 g/mol. The largest absolute Gasteiger partial charge is 0.497 e. The molecule has 7 nitrogen and oxygen atoms in total. The molecule has 8 heteroatoms. The van der Waals surface area contributed by atoms with E-state index in [0.29, 0.717) is 11.3 Å². The van der Waals surface area contributed by atoms with Crippen LogP contribution in [0.15, 0.2) is 77.7 Å². The van der Waals surface area contributed by atoms with Crippen molar-refractivity contribution in [1.82, 2.24) is 10.0 Å². The van der Waals surface area contributed by atoms with Gasteiger partial charge >= 0.3 is 0 Å². The molecule has 0 spiro atoms. The summed E-state index contributed by atoms with van der Waals surface area (Å²) in [6.45, 7) is 3.64. The van der Waals surface area contributed by atoms with E-state index >= 15 is 0 Å². The molecule has 174 valence electrons. The van der Waals surface area contributed by atoms with E-state index in [1.54, 1.807) is 20.1 Å². The first-order valence-corrected chi connectivity index (χ1v) is 12.0.